The van der Waals surface area contributed by atoms with Gasteiger partial charge >= 0.3 is 0 Å². The lowest BCUT2D eigenvalue weighted by molar-refractivity contribution is -0.138. The van der Waals surface area contributed by atoms with Crippen molar-refractivity contribution in [3.8, 4) is 0 Å². The van der Waals surface area contributed by atoms with Crippen molar-refractivity contribution in [3.63, 3.8) is 0 Å². The zero-order valence-corrected chi connectivity index (χ0v) is 11.6. The van der Waals surface area contributed by atoms with Crippen LogP contribution in [0.15, 0.2) is 24.3 Å². The van der Waals surface area contributed by atoms with Gasteiger partial charge in [0.25, 0.3) is 0 Å². The molecule has 1 unspecified atom stereocenters. The number of piperazine rings is 1. The van der Waals surface area contributed by atoms with Gasteiger partial charge in [-0.25, -0.2) is 4.39 Å². The fourth-order valence-electron chi connectivity index (χ4n) is 2.44. The minimum absolute atomic E-state index is 0.0250. The Morgan fingerprint density at radius 1 is 1.47 bits per heavy atom. The molecule has 0 saturated carbocycles. The standard InChI is InChI=1S/C14H20FN3O/c1-14(2)9-18(11-6-4-5-10(15)7-11)12(8-16)13(19)17(14)3/h4-7,12H,8-9,16H2,1-3H3. The van der Waals surface area contributed by atoms with Crippen LogP contribution in [0.25, 0.3) is 0 Å². The van der Waals surface area contributed by atoms with Crippen molar-refractivity contribution in [2.75, 3.05) is 25.0 Å². The number of carbonyl (C=O) groups excluding carboxylic acids is 1. The molecule has 1 atom stereocenters. The maximum absolute atomic E-state index is 13.4. The summed E-state index contributed by atoms with van der Waals surface area (Å²) in [5.41, 5.74) is 6.12. The lowest BCUT2D eigenvalue weighted by Gasteiger charge is -2.49. The van der Waals surface area contributed by atoms with Crippen molar-refractivity contribution in [1.29, 1.82) is 0 Å². The van der Waals surface area contributed by atoms with Crippen LogP contribution >= 0.6 is 0 Å². The summed E-state index contributed by atoms with van der Waals surface area (Å²) in [4.78, 5) is 16.0. The monoisotopic (exact) mass is 265 g/mol. The first-order valence-electron chi connectivity index (χ1n) is 6.37. The van der Waals surface area contributed by atoms with E-state index >= 15 is 0 Å². The van der Waals surface area contributed by atoms with Crippen molar-refractivity contribution in [2.45, 2.75) is 25.4 Å². The van der Waals surface area contributed by atoms with Gasteiger partial charge in [0.15, 0.2) is 0 Å². The van der Waals surface area contributed by atoms with Crippen molar-refractivity contribution in [1.82, 2.24) is 4.90 Å². The van der Waals surface area contributed by atoms with Gasteiger partial charge in [0.05, 0.1) is 5.54 Å². The Kier molecular flexibility index (Phi) is 3.49. The summed E-state index contributed by atoms with van der Waals surface area (Å²) < 4.78 is 13.4. The van der Waals surface area contributed by atoms with Crippen molar-refractivity contribution in [2.24, 2.45) is 5.73 Å². The van der Waals surface area contributed by atoms with E-state index in [0.717, 1.165) is 0 Å². The van der Waals surface area contributed by atoms with Crippen molar-refractivity contribution < 1.29 is 9.18 Å². The number of halogens is 1. The summed E-state index contributed by atoms with van der Waals surface area (Å²) in [6.45, 7) is 4.82. The van der Waals surface area contributed by atoms with E-state index in [2.05, 4.69) is 0 Å². The Hall–Kier alpha value is -1.62. The van der Waals surface area contributed by atoms with E-state index in [-0.39, 0.29) is 23.8 Å². The van der Waals surface area contributed by atoms with Gasteiger partial charge in [0, 0.05) is 25.8 Å². The van der Waals surface area contributed by atoms with Gasteiger partial charge in [0.1, 0.15) is 11.9 Å². The van der Waals surface area contributed by atoms with Gasteiger partial charge in [0.2, 0.25) is 5.91 Å². The molecule has 0 radical (unpaired) electrons. The van der Waals surface area contributed by atoms with E-state index in [1.54, 1.807) is 24.1 Å². The zero-order valence-electron chi connectivity index (χ0n) is 11.6. The number of nitrogens with zero attached hydrogens (tertiary/aromatic N) is 2. The number of hydrogen-bond donors (Lipinski definition) is 1. The first kappa shape index (κ1) is 13.8. The molecule has 1 heterocycles. The second kappa shape index (κ2) is 4.81. The number of hydrogen-bond acceptors (Lipinski definition) is 3. The van der Waals surface area contributed by atoms with E-state index in [9.17, 15) is 9.18 Å². The van der Waals surface area contributed by atoms with Crippen LogP contribution in [0.3, 0.4) is 0 Å². The average molecular weight is 265 g/mol. The molecule has 0 aliphatic carbocycles. The van der Waals surface area contributed by atoms with Crippen LogP contribution in [-0.2, 0) is 4.79 Å². The molecule has 2 rings (SSSR count). The van der Waals surface area contributed by atoms with Crippen LogP contribution in [-0.4, -0.2) is 42.5 Å². The van der Waals surface area contributed by atoms with Gasteiger partial charge in [-0.1, -0.05) is 6.07 Å². The minimum atomic E-state index is -0.431. The number of carbonyl (C=O) groups is 1. The molecule has 19 heavy (non-hydrogen) atoms. The second-order valence-electron chi connectivity index (χ2n) is 5.57. The second-order valence-corrected chi connectivity index (χ2v) is 5.57. The highest BCUT2D eigenvalue weighted by Gasteiger charge is 2.42. The summed E-state index contributed by atoms with van der Waals surface area (Å²) in [5.74, 6) is -0.333. The number of likely N-dealkylation sites (N-methyl/N-ethyl adjacent to an activating group) is 1. The molecule has 1 aliphatic rings. The van der Waals surface area contributed by atoms with Crippen molar-refractivity contribution in [3.05, 3.63) is 30.1 Å². The van der Waals surface area contributed by atoms with Crippen molar-refractivity contribution >= 4 is 11.6 Å². The van der Waals surface area contributed by atoms with E-state index in [4.69, 9.17) is 5.73 Å². The normalized spacial score (nSPS) is 22.8. The topological polar surface area (TPSA) is 49.6 Å². The Morgan fingerprint density at radius 2 is 2.16 bits per heavy atom. The molecule has 2 N–H and O–H groups in total. The first-order chi connectivity index (χ1) is 8.86. The summed E-state index contributed by atoms with van der Waals surface area (Å²) in [6, 6.07) is 5.86. The molecule has 1 aromatic carbocycles. The van der Waals surface area contributed by atoms with E-state index < -0.39 is 6.04 Å². The summed E-state index contributed by atoms with van der Waals surface area (Å²) in [7, 11) is 1.79. The fourth-order valence-corrected chi connectivity index (χ4v) is 2.44. The van der Waals surface area contributed by atoms with E-state index in [1.165, 1.54) is 12.1 Å². The van der Waals surface area contributed by atoms with Gasteiger partial charge in [-0.2, -0.15) is 0 Å². The molecule has 0 spiro atoms. The van der Waals surface area contributed by atoms with Crippen LogP contribution in [0, 0.1) is 5.82 Å². The van der Waals surface area contributed by atoms with E-state index in [0.29, 0.717) is 12.2 Å². The van der Waals surface area contributed by atoms with Crippen LogP contribution in [0.4, 0.5) is 10.1 Å². The quantitative estimate of drug-likeness (QED) is 0.874. The Balaban J connectivity index is 2.40. The van der Waals surface area contributed by atoms with Crippen LogP contribution in [0.2, 0.25) is 0 Å². The molecule has 1 aromatic rings. The molecule has 5 heteroatoms. The van der Waals surface area contributed by atoms with E-state index in [1.807, 2.05) is 18.7 Å². The maximum Gasteiger partial charge on any atom is 0.246 e. The highest BCUT2D eigenvalue weighted by molar-refractivity contribution is 5.87. The predicted molar refractivity (Wildman–Crippen MR) is 73.4 cm³/mol. The highest BCUT2D eigenvalue weighted by atomic mass is 19.1. The molecular formula is C14H20FN3O. The molecule has 104 valence electrons. The Morgan fingerprint density at radius 3 is 2.74 bits per heavy atom. The summed E-state index contributed by atoms with van der Waals surface area (Å²) >= 11 is 0. The largest absolute Gasteiger partial charge is 0.356 e. The Bertz CT molecular complexity index is 489. The number of anilines is 1. The van der Waals surface area contributed by atoms with Crippen LogP contribution in [0.1, 0.15) is 13.8 Å². The first-order valence-corrected chi connectivity index (χ1v) is 6.37. The molecule has 1 fully saturated rings. The van der Waals surface area contributed by atoms with Crippen LogP contribution < -0.4 is 10.6 Å². The molecule has 1 amide bonds. The zero-order chi connectivity index (χ0) is 14.2. The Labute approximate surface area is 113 Å². The predicted octanol–water partition coefficient (Wildman–Crippen LogP) is 1.21. The third-order valence-electron chi connectivity index (χ3n) is 3.82. The molecule has 0 aromatic heterocycles. The number of amides is 1. The average Bonchev–Trinajstić information content (AvgIpc) is 2.35. The van der Waals surface area contributed by atoms with Crippen LogP contribution in [0.5, 0.6) is 0 Å². The van der Waals surface area contributed by atoms with Gasteiger partial charge in [-0.05, 0) is 32.0 Å². The van der Waals surface area contributed by atoms with Gasteiger partial charge in [-0.15, -0.1) is 0 Å². The molecular weight excluding hydrogens is 245 g/mol. The third-order valence-corrected chi connectivity index (χ3v) is 3.82. The highest BCUT2D eigenvalue weighted by Crippen LogP contribution is 2.28. The minimum Gasteiger partial charge on any atom is -0.356 e. The molecule has 4 nitrogen and oxygen atoms in total. The fraction of sp³-hybridized carbons (Fsp3) is 0.500. The molecule has 0 bridgehead atoms. The summed E-state index contributed by atoms with van der Waals surface area (Å²) in [5, 5.41) is 0. The third kappa shape index (κ3) is 2.42. The SMILES string of the molecule is CN1C(=O)C(CN)N(c2cccc(F)c2)CC1(C)C. The smallest absolute Gasteiger partial charge is 0.246 e. The molecule has 1 aliphatic heterocycles. The number of rotatable bonds is 2. The summed E-state index contributed by atoms with van der Waals surface area (Å²) in [6.07, 6.45) is 0. The van der Waals surface area contributed by atoms with Gasteiger partial charge < -0.3 is 15.5 Å². The van der Waals surface area contributed by atoms with Gasteiger partial charge in [-0.3, -0.25) is 4.79 Å². The number of benzene rings is 1. The molecule has 1 saturated heterocycles. The maximum atomic E-state index is 13.4. The lowest BCUT2D eigenvalue weighted by Crippen LogP contribution is -2.67. The lowest BCUT2D eigenvalue weighted by atomic mass is 9.95. The number of nitrogens with two attached hydrogens (primary N) is 1.